The van der Waals surface area contributed by atoms with Gasteiger partial charge in [-0.15, -0.1) is 0 Å². The smallest absolute Gasteiger partial charge is 0.232 e. The van der Waals surface area contributed by atoms with Gasteiger partial charge in [0.25, 0.3) is 0 Å². The molecule has 0 unspecified atom stereocenters. The van der Waals surface area contributed by atoms with Crippen molar-refractivity contribution in [2.45, 2.75) is 4.21 Å². The van der Waals surface area contributed by atoms with Crippen molar-refractivity contribution in [3.05, 3.63) is 54.9 Å². The Hall–Kier alpha value is -2.52. The van der Waals surface area contributed by atoms with E-state index in [1.807, 2.05) is 42.5 Å². The molecule has 0 saturated heterocycles. The van der Waals surface area contributed by atoms with E-state index in [1.165, 1.54) is 11.3 Å². The maximum absolute atomic E-state index is 12.7. The van der Waals surface area contributed by atoms with Crippen LogP contribution in [-0.4, -0.2) is 39.2 Å². The third-order valence-corrected chi connectivity index (χ3v) is 7.18. The summed E-state index contributed by atoms with van der Waals surface area (Å²) in [6, 6.07) is 13.9. The summed E-state index contributed by atoms with van der Waals surface area (Å²) in [7, 11) is 1.59. The Bertz CT molecular complexity index is 1090. The quantitative estimate of drug-likeness (QED) is 0.486. The minimum absolute atomic E-state index is 0.398. The van der Waals surface area contributed by atoms with E-state index in [0.717, 1.165) is 32.6 Å². The number of nitrogens with two attached hydrogens (primary N) is 1. The molecule has 1 atom stereocenters. The van der Waals surface area contributed by atoms with E-state index < -0.39 is 11.2 Å². The summed E-state index contributed by atoms with van der Waals surface area (Å²) in [5.74, 6) is 0.398. The highest BCUT2D eigenvalue weighted by Gasteiger charge is 2.24. The van der Waals surface area contributed by atoms with Gasteiger partial charge >= 0.3 is 0 Å². The molecule has 0 aliphatic carbocycles. The second-order valence-electron chi connectivity index (χ2n) is 6.08. The Balaban J connectivity index is 1.94. The van der Waals surface area contributed by atoms with Crippen molar-refractivity contribution in [1.29, 1.82) is 0 Å². The van der Waals surface area contributed by atoms with E-state index in [0.29, 0.717) is 22.3 Å². The van der Waals surface area contributed by atoms with E-state index in [-0.39, 0.29) is 0 Å². The van der Waals surface area contributed by atoms with Gasteiger partial charge in [0.1, 0.15) is 16.3 Å². The van der Waals surface area contributed by atoms with Crippen molar-refractivity contribution in [3.8, 4) is 22.4 Å². The number of benzene rings is 1. The summed E-state index contributed by atoms with van der Waals surface area (Å²) in [6.07, 6.45) is 3.31. The van der Waals surface area contributed by atoms with Crippen LogP contribution in [0.3, 0.4) is 0 Å². The molecule has 2 N–H and O–H groups in total. The molecule has 142 valence electrons. The zero-order chi connectivity index (χ0) is 19.5. The van der Waals surface area contributed by atoms with Crippen molar-refractivity contribution in [1.82, 2.24) is 15.2 Å². The van der Waals surface area contributed by atoms with E-state index in [4.69, 9.17) is 15.5 Å². The van der Waals surface area contributed by atoms with Crippen LogP contribution in [-0.2, 0) is 15.9 Å². The number of fused-ring (bicyclic) bond motifs is 1. The summed E-state index contributed by atoms with van der Waals surface area (Å²) in [4.78, 5) is 5.54. The Morgan fingerprint density at radius 3 is 2.68 bits per heavy atom. The first-order chi connectivity index (χ1) is 13.7. The molecule has 0 bridgehead atoms. The lowest BCUT2D eigenvalue weighted by Crippen LogP contribution is -2.11. The van der Waals surface area contributed by atoms with Gasteiger partial charge in [-0.3, -0.25) is 0 Å². The highest BCUT2D eigenvalue weighted by Crippen LogP contribution is 2.43. The summed E-state index contributed by atoms with van der Waals surface area (Å²) in [5, 5.41) is 8.63. The first-order valence-electron chi connectivity index (χ1n) is 8.62. The predicted molar refractivity (Wildman–Crippen MR) is 114 cm³/mol. The molecule has 0 aliphatic rings. The van der Waals surface area contributed by atoms with Gasteiger partial charge in [0.15, 0.2) is 0 Å². The number of anilines is 1. The number of nitrogens with zero attached hydrogens (tertiary/aromatic N) is 3. The van der Waals surface area contributed by atoms with Gasteiger partial charge in [-0.25, -0.2) is 4.98 Å². The Labute approximate surface area is 169 Å². The molecule has 3 heterocycles. The van der Waals surface area contributed by atoms with Crippen LogP contribution in [0.4, 0.5) is 5.69 Å². The Kier molecular flexibility index (Phi) is 5.54. The Morgan fingerprint density at radius 2 is 1.96 bits per heavy atom. The molecular weight excluding hydrogens is 392 g/mol. The molecule has 6 nitrogen and oxygen atoms in total. The molecule has 4 rings (SSSR count). The largest absolute Gasteiger partial charge is 0.611 e. The lowest BCUT2D eigenvalue weighted by molar-refractivity contribution is 0.217. The van der Waals surface area contributed by atoms with E-state index >= 15 is 0 Å². The van der Waals surface area contributed by atoms with Crippen LogP contribution >= 0.6 is 11.3 Å². The predicted octanol–water partition coefficient (Wildman–Crippen LogP) is 3.76. The SMILES string of the molecule is COCC[S@@+]([O-])c1sc2nc(-c3ccnnc3)cc(-c3ccccc3)c2c1N. The number of hydrogen-bond acceptors (Lipinski definition) is 7. The van der Waals surface area contributed by atoms with Crippen LogP contribution in [0.1, 0.15) is 0 Å². The zero-order valence-corrected chi connectivity index (χ0v) is 16.8. The zero-order valence-electron chi connectivity index (χ0n) is 15.2. The molecular formula is C20H18N4O2S2. The third-order valence-electron chi connectivity index (χ3n) is 4.31. The van der Waals surface area contributed by atoms with Crippen molar-refractivity contribution in [2.24, 2.45) is 0 Å². The first kappa shape index (κ1) is 18.8. The van der Waals surface area contributed by atoms with Crippen molar-refractivity contribution >= 4 is 38.4 Å². The van der Waals surface area contributed by atoms with Gasteiger partial charge in [0.2, 0.25) is 4.21 Å². The second-order valence-corrected chi connectivity index (χ2v) is 8.84. The highest BCUT2D eigenvalue weighted by atomic mass is 32.2. The summed E-state index contributed by atoms with van der Waals surface area (Å²) >= 11 is 0.135. The number of pyridine rings is 1. The molecule has 0 aliphatic heterocycles. The average Bonchev–Trinajstić information content (AvgIpc) is 3.09. The van der Waals surface area contributed by atoms with Gasteiger partial charge in [0, 0.05) is 29.2 Å². The molecule has 0 saturated carbocycles. The minimum Gasteiger partial charge on any atom is -0.611 e. The molecule has 4 aromatic rings. The number of methoxy groups -OCH3 is 1. The van der Waals surface area contributed by atoms with Crippen LogP contribution in [0.15, 0.2) is 59.1 Å². The van der Waals surface area contributed by atoms with E-state index in [1.54, 1.807) is 19.5 Å². The monoisotopic (exact) mass is 410 g/mol. The number of hydrogen-bond donors (Lipinski definition) is 1. The minimum atomic E-state index is -1.24. The highest BCUT2D eigenvalue weighted by molar-refractivity contribution is 7.93. The van der Waals surface area contributed by atoms with Gasteiger partial charge in [-0.2, -0.15) is 10.2 Å². The van der Waals surface area contributed by atoms with Gasteiger partial charge in [-0.05, 0) is 23.3 Å². The standard InChI is InChI=1S/C20H18N4O2S2/c1-26-9-10-28(25)20-18(21)17-15(13-5-3-2-4-6-13)11-16(24-19(17)27-20)14-7-8-22-23-12-14/h2-8,11-12H,9-10,21H2,1H3/t28-/m1/s1. The molecule has 0 fully saturated rings. The number of rotatable bonds is 6. The maximum Gasteiger partial charge on any atom is 0.232 e. The van der Waals surface area contributed by atoms with Crippen molar-refractivity contribution in [2.75, 3.05) is 25.2 Å². The molecule has 28 heavy (non-hydrogen) atoms. The summed E-state index contributed by atoms with van der Waals surface area (Å²) in [6.45, 7) is 0.410. The van der Waals surface area contributed by atoms with Crippen LogP contribution in [0, 0.1) is 0 Å². The normalized spacial score (nSPS) is 12.4. The van der Waals surface area contributed by atoms with Crippen LogP contribution in [0.2, 0.25) is 0 Å². The van der Waals surface area contributed by atoms with E-state index in [9.17, 15) is 4.55 Å². The van der Waals surface area contributed by atoms with Crippen molar-refractivity contribution in [3.63, 3.8) is 0 Å². The second kappa shape index (κ2) is 8.24. The number of ether oxygens (including phenoxy) is 1. The Morgan fingerprint density at radius 1 is 1.14 bits per heavy atom. The van der Waals surface area contributed by atoms with Crippen LogP contribution < -0.4 is 5.73 Å². The fraction of sp³-hybridized carbons (Fsp3) is 0.150. The van der Waals surface area contributed by atoms with Gasteiger partial charge in [-0.1, -0.05) is 41.7 Å². The van der Waals surface area contributed by atoms with Gasteiger partial charge in [0.05, 0.1) is 24.7 Å². The molecule has 0 amide bonds. The molecule has 0 radical (unpaired) electrons. The topological polar surface area (TPSA) is 97.0 Å². The van der Waals surface area contributed by atoms with Crippen LogP contribution in [0.5, 0.6) is 0 Å². The van der Waals surface area contributed by atoms with Crippen molar-refractivity contribution < 1.29 is 9.29 Å². The third kappa shape index (κ3) is 3.59. The first-order valence-corrected chi connectivity index (χ1v) is 10.8. The lowest BCUT2D eigenvalue weighted by atomic mass is 10.0. The molecule has 3 aromatic heterocycles. The number of thiophene rings is 1. The maximum atomic E-state index is 12.7. The van der Waals surface area contributed by atoms with Crippen LogP contribution in [0.25, 0.3) is 32.6 Å². The van der Waals surface area contributed by atoms with E-state index in [2.05, 4.69) is 10.2 Å². The molecule has 0 spiro atoms. The fourth-order valence-electron chi connectivity index (χ4n) is 2.96. The summed E-state index contributed by atoms with van der Waals surface area (Å²) < 4.78 is 18.4. The number of nitrogen functional groups attached to an aromatic ring is 1. The number of aromatic nitrogens is 3. The average molecular weight is 411 g/mol. The summed E-state index contributed by atoms with van der Waals surface area (Å²) in [5.41, 5.74) is 10.6. The molecule has 1 aromatic carbocycles. The lowest BCUT2D eigenvalue weighted by Gasteiger charge is -2.09. The van der Waals surface area contributed by atoms with Gasteiger partial charge < -0.3 is 15.0 Å². The molecule has 8 heteroatoms. The fourth-order valence-corrected chi connectivity index (χ4v) is 5.52.